The molecule has 3 N–H and O–H groups in total. The Morgan fingerprint density at radius 2 is 1.80 bits per heavy atom. The SMILES string of the molecule is O=C1N[C@H](C(O)C(=O)NC2CC2)Cc2ccc(cc2)OC/C=C/COc2ccc3c(cnn3-c3ncccc31)c2. The zero-order valence-electron chi connectivity index (χ0n) is 21.7. The standard InChI is InChI=1S/C30H29N5O5/c36-27(30(38)33-21-7-8-21)25-16-19-5-9-22(10-6-19)39-14-1-2-15-40-23-11-12-26-20(17-23)18-32-35(26)28-24(29(37)34-25)4-3-13-31-28/h1-6,9-13,17-18,21,25,27,36H,7-8,14-16H2,(H,33,38)(H,34,37)/b2-1+/t25-,27?/m0/s1. The van der Waals surface area contributed by atoms with Crippen molar-refractivity contribution in [3.8, 4) is 17.3 Å². The Labute approximate surface area is 230 Å². The summed E-state index contributed by atoms with van der Waals surface area (Å²) >= 11 is 0. The number of rotatable bonds is 3. The third kappa shape index (κ3) is 5.67. The molecule has 5 aliphatic rings. The summed E-state index contributed by atoms with van der Waals surface area (Å²) in [5, 5.41) is 22.1. The van der Waals surface area contributed by atoms with Crippen molar-refractivity contribution >= 4 is 22.7 Å². The largest absolute Gasteiger partial charge is 0.490 e. The van der Waals surface area contributed by atoms with Gasteiger partial charge < -0.3 is 25.2 Å². The van der Waals surface area contributed by atoms with Gasteiger partial charge in [-0.2, -0.15) is 5.10 Å². The van der Waals surface area contributed by atoms with Crippen molar-refractivity contribution in [2.45, 2.75) is 37.5 Å². The van der Waals surface area contributed by atoms with Crippen molar-refractivity contribution in [2.75, 3.05) is 13.2 Å². The number of hydrogen-bond donors (Lipinski definition) is 3. The molecule has 2 aromatic carbocycles. The fourth-order valence-electron chi connectivity index (χ4n) is 4.60. The van der Waals surface area contributed by atoms with Crippen molar-refractivity contribution < 1.29 is 24.2 Å². The highest BCUT2D eigenvalue weighted by atomic mass is 16.5. The zero-order chi connectivity index (χ0) is 27.5. The van der Waals surface area contributed by atoms with E-state index in [1.165, 1.54) is 0 Å². The van der Waals surface area contributed by atoms with E-state index in [2.05, 4.69) is 20.7 Å². The number of hydrogen-bond acceptors (Lipinski definition) is 7. The van der Waals surface area contributed by atoms with E-state index >= 15 is 0 Å². The van der Waals surface area contributed by atoms with Crippen LogP contribution in [0.3, 0.4) is 0 Å². The average molecular weight is 540 g/mol. The molecule has 6 heterocycles. The number of carbonyl (C=O) groups is 2. The van der Waals surface area contributed by atoms with Crippen LogP contribution in [-0.4, -0.2) is 63.1 Å². The molecular weight excluding hydrogens is 510 g/mol. The molecule has 10 nitrogen and oxygen atoms in total. The summed E-state index contributed by atoms with van der Waals surface area (Å²) in [5.74, 6) is 0.697. The van der Waals surface area contributed by atoms with Gasteiger partial charge in [-0.05, 0) is 79.4 Å². The number of amides is 2. The molecular formula is C30H29N5O5. The molecule has 0 saturated heterocycles. The molecule has 4 aliphatic heterocycles. The van der Waals surface area contributed by atoms with E-state index in [9.17, 15) is 14.7 Å². The second-order valence-electron chi connectivity index (χ2n) is 9.90. The monoisotopic (exact) mass is 539 g/mol. The summed E-state index contributed by atoms with van der Waals surface area (Å²) in [4.78, 5) is 30.9. The number of carbonyl (C=O) groups excluding carboxylic acids is 2. The molecule has 1 unspecified atom stereocenters. The van der Waals surface area contributed by atoms with Gasteiger partial charge in [0.2, 0.25) is 0 Å². The first-order chi connectivity index (χ1) is 19.5. The molecule has 204 valence electrons. The van der Waals surface area contributed by atoms with Gasteiger partial charge >= 0.3 is 0 Å². The summed E-state index contributed by atoms with van der Waals surface area (Å²) in [6, 6.07) is 15.4. The minimum atomic E-state index is -1.45. The lowest BCUT2D eigenvalue weighted by Gasteiger charge is -2.24. The van der Waals surface area contributed by atoms with E-state index in [1.54, 1.807) is 29.2 Å². The molecule has 4 aromatic rings. The third-order valence-corrected chi connectivity index (χ3v) is 6.90. The van der Waals surface area contributed by atoms with E-state index in [1.807, 2.05) is 54.6 Å². The van der Waals surface area contributed by atoms with Gasteiger partial charge in [0.25, 0.3) is 11.8 Å². The number of nitrogens with zero attached hydrogens (tertiary/aromatic N) is 3. The van der Waals surface area contributed by atoms with Gasteiger partial charge in [0, 0.05) is 17.6 Å². The summed E-state index contributed by atoms with van der Waals surface area (Å²) in [7, 11) is 0. The number of benzene rings is 2. The van der Waals surface area contributed by atoms with Gasteiger partial charge in [-0.3, -0.25) is 9.59 Å². The maximum atomic E-state index is 13.7. The average Bonchev–Trinajstić information content (AvgIpc) is 3.69. The molecule has 2 aromatic heterocycles. The molecule has 0 spiro atoms. The predicted molar refractivity (Wildman–Crippen MR) is 148 cm³/mol. The Morgan fingerprint density at radius 1 is 1.05 bits per heavy atom. The summed E-state index contributed by atoms with van der Waals surface area (Å²) in [5.41, 5.74) is 1.83. The van der Waals surface area contributed by atoms with Crippen molar-refractivity contribution in [2.24, 2.45) is 0 Å². The van der Waals surface area contributed by atoms with Crippen LogP contribution < -0.4 is 20.1 Å². The molecule has 0 radical (unpaired) electrons. The van der Waals surface area contributed by atoms with Gasteiger partial charge in [0.05, 0.1) is 23.3 Å². The maximum absolute atomic E-state index is 13.7. The predicted octanol–water partition coefficient (Wildman–Crippen LogP) is 2.73. The van der Waals surface area contributed by atoms with Gasteiger partial charge in [0.1, 0.15) is 24.7 Å². The van der Waals surface area contributed by atoms with Crippen LogP contribution in [0.15, 0.2) is 79.1 Å². The van der Waals surface area contributed by atoms with Crippen LogP contribution in [0.4, 0.5) is 0 Å². The van der Waals surface area contributed by atoms with E-state index in [-0.39, 0.29) is 18.0 Å². The smallest absolute Gasteiger partial charge is 0.255 e. The van der Waals surface area contributed by atoms with Gasteiger partial charge in [-0.15, -0.1) is 0 Å². The van der Waals surface area contributed by atoms with E-state index in [0.717, 1.165) is 29.3 Å². The Morgan fingerprint density at radius 3 is 2.58 bits per heavy atom. The summed E-state index contributed by atoms with van der Waals surface area (Å²) in [6.45, 7) is 0.753. The minimum absolute atomic E-state index is 0.0731. The second-order valence-corrected chi connectivity index (χ2v) is 9.90. The lowest BCUT2D eigenvalue weighted by atomic mass is 9.99. The Hall–Kier alpha value is -4.70. The quantitative estimate of drug-likeness (QED) is 0.342. The van der Waals surface area contributed by atoms with Crippen LogP contribution in [0.5, 0.6) is 11.5 Å². The van der Waals surface area contributed by atoms with Crippen LogP contribution in [0.25, 0.3) is 16.7 Å². The van der Waals surface area contributed by atoms with Crippen LogP contribution in [0.1, 0.15) is 28.8 Å². The van der Waals surface area contributed by atoms with Crippen LogP contribution in [0, 0.1) is 0 Å². The minimum Gasteiger partial charge on any atom is -0.490 e. The Kier molecular flexibility index (Phi) is 7.15. The molecule has 1 aliphatic carbocycles. The van der Waals surface area contributed by atoms with E-state index in [0.29, 0.717) is 30.5 Å². The van der Waals surface area contributed by atoms with Gasteiger partial charge in [0.15, 0.2) is 11.9 Å². The number of aromatic nitrogens is 3. The molecule has 40 heavy (non-hydrogen) atoms. The topological polar surface area (TPSA) is 128 Å². The van der Waals surface area contributed by atoms with Crippen LogP contribution >= 0.6 is 0 Å². The first-order valence-corrected chi connectivity index (χ1v) is 13.3. The molecule has 1 fully saturated rings. The van der Waals surface area contributed by atoms with Crippen molar-refractivity contribution in [3.05, 3.63) is 90.3 Å². The summed E-state index contributed by atoms with van der Waals surface area (Å²) < 4.78 is 13.2. The molecule has 6 bridgehead atoms. The first-order valence-electron chi connectivity index (χ1n) is 13.3. The number of nitrogens with one attached hydrogen (secondary N) is 2. The molecule has 2 amide bonds. The normalized spacial score (nSPS) is 19.1. The fraction of sp³-hybridized carbons (Fsp3) is 0.267. The molecule has 9 rings (SSSR count). The molecule has 2 atom stereocenters. The van der Waals surface area contributed by atoms with Crippen molar-refractivity contribution in [1.82, 2.24) is 25.4 Å². The van der Waals surface area contributed by atoms with Crippen LogP contribution in [-0.2, 0) is 11.2 Å². The number of pyridine rings is 1. The first kappa shape index (κ1) is 25.6. The highest BCUT2D eigenvalue weighted by molar-refractivity contribution is 5.98. The van der Waals surface area contributed by atoms with E-state index < -0.39 is 24.0 Å². The lowest BCUT2D eigenvalue weighted by Crippen LogP contribution is -2.52. The van der Waals surface area contributed by atoms with Gasteiger partial charge in [-0.25, -0.2) is 9.67 Å². The maximum Gasteiger partial charge on any atom is 0.255 e. The fourth-order valence-corrected chi connectivity index (χ4v) is 4.60. The third-order valence-electron chi connectivity index (χ3n) is 6.90. The second kappa shape index (κ2) is 11.2. The zero-order valence-corrected chi connectivity index (χ0v) is 21.7. The number of ether oxygens (including phenoxy) is 2. The van der Waals surface area contributed by atoms with E-state index in [4.69, 9.17) is 9.47 Å². The number of aliphatic hydroxyl groups excluding tert-OH is 1. The van der Waals surface area contributed by atoms with Crippen molar-refractivity contribution in [1.29, 1.82) is 0 Å². The van der Waals surface area contributed by atoms with Crippen LogP contribution in [0.2, 0.25) is 0 Å². The number of aliphatic hydroxyl groups is 1. The lowest BCUT2D eigenvalue weighted by molar-refractivity contribution is -0.130. The highest BCUT2D eigenvalue weighted by Gasteiger charge is 2.33. The highest BCUT2D eigenvalue weighted by Crippen LogP contribution is 2.25. The Balaban J connectivity index is 1.37. The van der Waals surface area contributed by atoms with Gasteiger partial charge in [-0.1, -0.05) is 12.1 Å². The molecule has 10 heteroatoms. The van der Waals surface area contributed by atoms with Crippen molar-refractivity contribution in [3.63, 3.8) is 0 Å². The summed E-state index contributed by atoms with van der Waals surface area (Å²) in [6.07, 6.45) is 7.60. The molecule has 1 saturated carbocycles. The Bertz CT molecular complexity index is 1560.